The molecular weight excluding hydrogens is 264 g/mol. The van der Waals surface area contributed by atoms with Crippen LogP contribution in [-0.2, 0) is 11.2 Å². The number of carbonyl (C=O) groups excluding carboxylic acids is 1. The molecule has 0 atom stereocenters. The average Bonchev–Trinajstić information content (AvgIpc) is 2.43. The lowest BCUT2D eigenvalue weighted by molar-refractivity contribution is -0.118. The first kappa shape index (κ1) is 12.0. The summed E-state index contributed by atoms with van der Waals surface area (Å²) in [5, 5.41) is 7.54. The van der Waals surface area contributed by atoms with Crippen molar-refractivity contribution in [1.29, 1.82) is 0 Å². The van der Waals surface area contributed by atoms with Crippen LogP contribution in [0.5, 0.6) is 0 Å². The van der Waals surface area contributed by atoms with E-state index < -0.39 is 0 Å². The zero-order valence-corrected chi connectivity index (χ0v) is 11.1. The van der Waals surface area contributed by atoms with Crippen LogP contribution in [0, 0.1) is 0 Å². The third-order valence-corrected chi connectivity index (χ3v) is 3.41. The van der Waals surface area contributed by atoms with Gasteiger partial charge in [0, 0.05) is 24.7 Å². The van der Waals surface area contributed by atoms with E-state index in [2.05, 4.69) is 15.2 Å². The van der Waals surface area contributed by atoms with E-state index in [-0.39, 0.29) is 11.2 Å². The van der Waals surface area contributed by atoms with Gasteiger partial charge in [-0.3, -0.25) is 4.79 Å². The van der Waals surface area contributed by atoms with Crippen LogP contribution in [0.15, 0.2) is 24.4 Å². The lowest BCUT2D eigenvalue weighted by atomic mass is 9.98. The molecule has 0 aliphatic carbocycles. The summed E-state index contributed by atoms with van der Waals surface area (Å²) < 4.78 is 0. The van der Waals surface area contributed by atoms with Gasteiger partial charge in [0.2, 0.25) is 11.2 Å². The number of aryl methyl sites for hydroxylation is 1. The highest BCUT2D eigenvalue weighted by molar-refractivity contribution is 6.28. The highest BCUT2D eigenvalue weighted by Gasteiger charge is 2.21. The molecule has 6 heteroatoms. The minimum atomic E-state index is 0.127. The zero-order valence-electron chi connectivity index (χ0n) is 10.3. The van der Waals surface area contributed by atoms with Gasteiger partial charge in [0.15, 0.2) is 0 Å². The Morgan fingerprint density at radius 1 is 1.32 bits per heavy atom. The Kier molecular flexibility index (Phi) is 2.91. The van der Waals surface area contributed by atoms with Crippen molar-refractivity contribution in [3.63, 3.8) is 0 Å². The average molecular weight is 275 g/mol. The lowest BCUT2D eigenvalue weighted by Crippen LogP contribution is -2.30. The predicted octanol–water partition coefficient (Wildman–Crippen LogP) is 2.10. The van der Waals surface area contributed by atoms with Crippen LogP contribution in [0.25, 0.3) is 11.3 Å². The molecule has 1 aromatic carbocycles. The number of nitrogens with zero attached hydrogens (tertiary/aromatic N) is 4. The lowest BCUT2D eigenvalue weighted by Gasteiger charge is -2.26. The van der Waals surface area contributed by atoms with E-state index in [1.54, 1.807) is 18.1 Å². The summed E-state index contributed by atoms with van der Waals surface area (Å²) in [5.74, 6) is 0.145. The van der Waals surface area contributed by atoms with Crippen LogP contribution in [0.4, 0.5) is 5.69 Å². The van der Waals surface area contributed by atoms with Crippen LogP contribution < -0.4 is 4.90 Å². The van der Waals surface area contributed by atoms with Crippen LogP contribution in [0.1, 0.15) is 12.0 Å². The Morgan fingerprint density at radius 3 is 2.95 bits per heavy atom. The smallest absolute Gasteiger partial charge is 0.243 e. The van der Waals surface area contributed by atoms with Crippen molar-refractivity contribution in [2.45, 2.75) is 12.8 Å². The molecule has 0 fully saturated rings. The predicted molar refractivity (Wildman–Crippen MR) is 72.0 cm³/mol. The molecule has 1 aliphatic rings. The highest BCUT2D eigenvalue weighted by Crippen LogP contribution is 2.30. The van der Waals surface area contributed by atoms with Crippen molar-refractivity contribution < 1.29 is 4.79 Å². The van der Waals surface area contributed by atoms with E-state index in [0.717, 1.165) is 23.2 Å². The summed E-state index contributed by atoms with van der Waals surface area (Å²) in [6, 6.07) is 5.87. The monoisotopic (exact) mass is 274 g/mol. The minimum Gasteiger partial charge on any atom is -0.315 e. The van der Waals surface area contributed by atoms with E-state index >= 15 is 0 Å². The van der Waals surface area contributed by atoms with Crippen LogP contribution in [0.2, 0.25) is 5.28 Å². The number of benzene rings is 1. The first-order chi connectivity index (χ1) is 9.15. The maximum Gasteiger partial charge on any atom is 0.243 e. The van der Waals surface area contributed by atoms with Gasteiger partial charge < -0.3 is 4.90 Å². The van der Waals surface area contributed by atoms with Crippen molar-refractivity contribution in [2.75, 3.05) is 11.9 Å². The van der Waals surface area contributed by atoms with Gasteiger partial charge in [-0.05, 0) is 35.7 Å². The number of hydrogen-bond donors (Lipinski definition) is 0. The molecular formula is C13H11ClN4O. The SMILES string of the molecule is CN1C(=O)CCc2cc(-c3cnnc(Cl)n3)ccc21. The summed E-state index contributed by atoms with van der Waals surface area (Å²) in [7, 11) is 1.79. The van der Waals surface area contributed by atoms with Gasteiger partial charge in [-0.1, -0.05) is 6.07 Å². The third-order valence-electron chi connectivity index (χ3n) is 3.25. The van der Waals surface area contributed by atoms with Crippen molar-refractivity contribution in [3.8, 4) is 11.3 Å². The quantitative estimate of drug-likeness (QED) is 0.799. The third kappa shape index (κ3) is 2.17. The number of rotatable bonds is 1. The standard InChI is InChI=1S/C13H11ClN4O/c1-18-11-4-2-8(6-9(11)3-5-12(18)19)10-7-15-17-13(14)16-10/h2,4,6-7H,3,5H2,1H3. The fraction of sp³-hybridized carbons (Fsp3) is 0.231. The summed E-state index contributed by atoms with van der Waals surface area (Å²) in [4.78, 5) is 17.5. The zero-order chi connectivity index (χ0) is 13.4. The molecule has 2 aromatic rings. The molecule has 0 bridgehead atoms. The number of fused-ring (bicyclic) bond motifs is 1. The van der Waals surface area contributed by atoms with Crippen molar-refractivity contribution in [3.05, 3.63) is 35.2 Å². The van der Waals surface area contributed by atoms with Gasteiger partial charge in [0.25, 0.3) is 0 Å². The molecule has 3 rings (SSSR count). The largest absolute Gasteiger partial charge is 0.315 e. The number of anilines is 1. The van der Waals surface area contributed by atoms with E-state index in [1.807, 2.05) is 18.2 Å². The van der Waals surface area contributed by atoms with Gasteiger partial charge >= 0.3 is 0 Å². The Hall–Kier alpha value is -2.01. The molecule has 1 amide bonds. The molecule has 96 valence electrons. The second-order valence-electron chi connectivity index (χ2n) is 4.41. The molecule has 5 nitrogen and oxygen atoms in total. The number of hydrogen-bond acceptors (Lipinski definition) is 4. The number of halogens is 1. The van der Waals surface area contributed by atoms with E-state index in [4.69, 9.17) is 11.6 Å². The van der Waals surface area contributed by atoms with E-state index in [0.29, 0.717) is 12.1 Å². The molecule has 0 N–H and O–H groups in total. The molecule has 19 heavy (non-hydrogen) atoms. The molecule has 1 aromatic heterocycles. The van der Waals surface area contributed by atoms with Crippen molar-refractivity contribution in [1.82, 2.24) is 15.2 Å². The Balaban J connectivity index is 2.05. The molecule has 2 heterocycles. The second kappa shape index (κ2) is 4.59. The highest BCUT2D eigenvalue weighted by atomic mass is 35.5. The Labute approximate surface area is 115 Å². The fourth-order valence-corrected chi connectivity index (χ4v) is 2.37. The molecule has 0 radical (unpaired) electrons. The van der Waals surface area contributed by atoms with Crippen LogP contribution in [-0.4, -0.2) is 28.1 Å². The second-order valence-corrected chi connectivity index (χ2v) is 4.74. The fourth-order valence-electron chi connectivity index (χ4n) is 2.24. The maximum absolute atomic E-state index is 11.6. The molecule has 1 aliphatic heterocycles. The number of aromatic nitrogens is 3. The topological polar surface area (TPSA) is 59.0 Å². The maximum atomic E-state index is 11.6. The summed E-state index contributed by atoms with van der Waals surface area (Å²) in [6.45, 7) is 0. The Morgan fingerprint density at radius 2 is 2.16 bits per heavy atom. The van der Waals surface area contributed by atoms with E-state index in [9.17, 15) is 4.79 Å². The normalized spacial score (nSPS) is 14.4. The van der Waals surface area contributed by atoms with Crippen molar-refractivity contribution in [2.24, 2.45) is 0 Å². The first-order valence-electron chi connectivity index (χ1n) is 5.90. The Bertz CT molecular complexity index is 659. The number of carbonyl (C=O) groups is 1. The van der Waals surface area contributed by atoms with Gasteiger partial charge in [0.05, 0.1) is 11.9 Å². The summed E-state index contributed by atoms with van der Waals surface area (Å²) in [5.41, 5.74) is 3.70. The van der Waals surface area contributed by atoms with Crippen molar-refractivity contribution >= 4 is 23.2 Å². The number of amides is 1. The summed E-state index contributed by atoms with van der Waals surface area (Å²) >= 11 is 5.74. The van der Waals surface area contributed by atoms with Gasteiger partial charge in [-0.25, -0.2) is 4.98 Å². The minimum absolute atomic E-state index is 0.127. The summed E-state index contributed by atoms with van der Waals surface area (Å²) in [6.07, 6.45) is 2.86. The van der Waals surface area contributed by atoms with Gasteiger partial charge in [-0.2, -0.15) is 5.10 Å². The first-order valence-corrected chi connectivity index (χ1v) is 6.28. The molecule has 0 unspecified atom stereocenters. The van der Waals surface area contributed by atoms with Crippen LogP contribution >= 0.6 is 11.6 Å². The van der Waals surface area contributed by atoms with E-state index in [1.165, 1.54) is 0 Å². The van der Waals surface area contributed by atoms with Gasteiger partial charge in [-0.15, -0.1) is 5.10 Å². The van der Waals surface area contributed by atoms with Gasteiger partial charge in [0.1, 0.15) is 0 Å². The van der Waals surface area contributed by atoms with Crippen LogP contribution in [0.3, 0.4) is 0 Å². The molecule has 0 spiro atoms. The molecule has 0 saturated heterocycles. The molecule has 0 saturated carbocycles.